The SMILES string of the molecule is COCCOC(=O)C(C)=O.N. The number of ether oxygens (including phenoxy) is 2. The number of hydrogen-bond acceptors (Lipinski definition) is 5. The summed E-state index contributed by atoms with van der Waals surface area (Å²) in [6.07, 6.45) is 0. The van der Waals surface area contributed by atoms with E-state index in [0.717, 1.165) is 6.92 Å². The Balaban J connectivity index is 0. The summed E-state index contributed by atoms with van der Waals surface area (Å²) in [6, 6.07) is 0. The second-order valence-corrected chi connectivity index (χ2v) is 1.68. The molecule has 66 valence electrons. The molecule has 0 heterocycles. The van der Waals surface area contributed by atoms with Crippen LogP contribution in [-0.2, 0) is 19.1 Å². The van der Waals surface area contributed by atoms with Gasteiger partial charge in [0.2, 0.25) is 5.78 Å². The highest BCUT2D eigenvalue weighted by molar-refractivity contribution is 6.32. The van der Waals surface area contributed by atoms with Gasteiger partial charge >= 0.3 is 5.97 Å². The van der Waals surface area contributed by atoms with Crippen molar-refractivity contribution in [1.29, 1.82) is 0 Å². The zero-order valence-corrected chi connectivity index (χ0v) is 6.75. The molecular formula is C6H13NO4. The van der Waals surface area contributed by atoms with E-state index in [4.69, 9.17) is 0 Å². The summed E-state index contributed by atoms with van der Waals surface area (Å²) in [5, 5.41) is 0. The van der Waals surface area contributed by atoms with Gasteiger partial charge in [-0.3, -0.25) is 4.79 Å². The number of carbonyl (C=O) groups is 2. The third kappa shape index (κ3) is 6.95. The molecule has 0 aliphatic carbocycles. The maximum atomic E-state index is 10.4. The fourth-order valence-electron chi connectivity index (χ4n) is 0.319. The number of ketones is 1. The Hall–Kier alpha value is -0.940. The van der Waals surface area contributed by atoms with Crippen LogP contribution in [0.15, 0.2) is 0 Å². The lowest BCUT2D eigenvalue weighted by Crippen LogP contribution is -2.16. The van der Waals surface area contributed by atoms with Gasteiger partial charge in [0.15, 0.2) is 0 Å². The molecule has 0 radical (unpaired) electrons. The van der Waals surface area contributed by atoms with Crippen molar-refractivity contribution < 1.29 is 19.1 Å². The summed E-state index contributed by atoms with van der Waals surface area (Å²) >= 11 is 0. The Kier molecular flexibility index (Phi) is 8.29. The average molecular weight is 163 g/mol. The van der Waals surface area contributed by atoms with Gasteiger partial charge in [-0.25, -0.2) is 4.79 Å². The van der Waals surface area contributed by atoms with Crippen LogP contribution in [-0.4, -0.2) is 32.1 Å². The zero-order chi connectivity index (χ0) is 7.98. The number of rotatable bonds is 4. The van der Waals surface area contributed by atoms with Gasteiger partial charge in [0.25, 0.3) is 0 Å². The summed E-state index contributed by atoms with van der Waals surface area (Å²) in [4.78, 5) is 20.6. The van der Waals surface area contributed by atoms with Crippen molar-refractivity contribution in [2.75, 3.05) is 20.3 Å². The highest BCUT2D eigenvalue weighted by atomic mass is 16.6. The van der Waals surface area contributed by atoms with Crippen LogP contribution in [0, 0.1) is 0 Å². The average Bonchev–Trinajstić information content (AvgIpc) is 1.88. The number of hydrogen-bond donors (Lipinski definition) is 1. The minimum atomic E-state index is -0.808. The molecule has 11 heavy (non-hydrogen) atoms. The lowest BCUT2D eigenvalue weighted by atomic mass is 10.5. The first-order valence-electron chi connectivity index (χ1n) is 2.85. The summed E-state index contributed by atoms with van der Waals surface area (Å²) in [7, 11) is 1.49. The first-order chi connectivity index (χ1) is 4.68. The summed E-state index contributed by atoms with van der Waals surface area (Å²) in [6.45, 7) is 1.61. The van der Waals surface area contributed by atoms with Gasteiger partial charge < -0.3 is 15.6 Å². The van der Waals surface area contributed by atoms with Crippen LogP contribution in [0.5, 0.6) is 0 Å². The van der Waals surface area contributed by atoms with Crippen molar-refractivity contribution in [2.45, 2.75) is 6.92 Å². The van der Waals surface area contributed by atoms with E-state index in [1.54, 1.807) is 0 Å². The van der Waals surface area contributed by atoms with Gasteiger partial charge in [-0.15, -0.1) is 0 Å². The van der Waals surface area contributed by atoms with Crippen molar-refractivity contribution in [3.63, 3.8) is 0 Å². The van der Waals surface area contributed by atoms with Crippen molar-refractivity contribution in [3.05, 3.63) is 0 Å². The Morgan fingerprint density at radius 3 is 2.18 bits per heavy atom. The van der Waals surface area contributed by atoms with Gasteiger partial charge in [0.1, 0.15) is 6.61 Å². The van der Waals surface area contributed by atoms with Gasteiger partial charge in [0.05, 0.1) is 6.61 Å². The largest absolute Gasteiger partial charge is 0.458 e. The third-order valence-electron chi connectivity index (χ3n) is 0.808. The van der Waals surface area contributed by atoms with E-state index in [2.05, 4.69) is 9.47 Å². The van der Waals surface area contributed by atoms with Gasteiger partial charge in [-0.2, -0.15) is 0 Å². The molecule has 0 amide bonds. The topological polar surface area (TPSA) is 87.6 Å². The lowest BCUT2D eigenvalue weighted by Gasteiger charge is -1.99. The van der Waals surface area contributed by atoms with E-state index in [0.29, 0.717) is 6.61 Å². The van der Waals surface area contributed by atoms with Crippen LogP contribution >= 0.6 is 0 Å². The molecule has 0 fully saturated rings. The van der Waals surface area contributed by atoms with Gasteiger partial charge in [-0.05, 0) is 0 Å². The molecule has 0 spiro atoms. The van der Waals surface area contributed by atoms with E-state index in [1.165, 1.54) is 7.11 Å². The minimum absolute atomic E-state index is 0. The van der Waals surface area contributed by atoms with Crippen molar-refractivity contribution in [1.82, 2.24) is 6.15 Å². The Bertz CT molecular complexity index is 135. The Labute approximate surface area is 65.2 Å². The number of esters is 1. The normalized spacial score (nSPS) is 8.18. The molecule has 0 aromatic heterocycles. The molecule has 0 aromatic carbocycles. The summed E-state index contributed by atoms with van der Waals surface area (Å²) in [5.74, 6) is -1.40. The molecule has 0 bridgehead atoms. The van der Waals surface area contributed by atoms with E-state index in [9.17, 15) is 9.59 Å². The molecule has 0 aromatic rings. The van der Waals surface area contributed by atoms with E-state index < -0.39 is 11.8 Å². The summed E-state index contributed by atoms with van der Waals surface area (Å²) in [5.41, 5.74) is 0. The van der Waals surface area contributed by atoms with Crippen molar-refractivity contribution in [2.24, 2.45) is 0 Å². The van der Waals surface area contributed by atoms with Crippen molar-refractivity contribution in [3.8, 4) is 0 Å². The second-order valence-electron chi connectivity index (χ2n) is 1.68. The van der Waals surface area contributed by atoms with E-state index in [1.807, 2.05) is 0 Å². The highest BCUT2D eigenvalue weighted by Gasteiger charge is 2.06. The van der Waals surface area contributed by atoms with Crippen LogP contribution in [0.25, 0.3) is 0 Å². The molecule has 0 aliphatic heterocycles. The Morgan fingerprint density at radius 2 is 1.82 bits per heavy atom. The molecule has 0 saturated carbocycles. The zero-order valence-electron chi connectivity index (χ0n) is 6.75. The summed E-state index contributed by atoms with van der Waals surface area (Å²) < 4.78 is 9.01. The molecule has 0 saturated heterocycles. The molecule has 0 unspecified atom stereocenters. The van der Waals surface area contributed by atoms with Gasteiger partial charge in [0, 0.05) is 14.0 Å². The molecule has 3 N–H and O–H groups in total. The molecule has 5 nitrogen and oxygen atoms in total. The lowest BCUT2D eigenvalue weighted by molar-refractivity contribution is -0.153. The van der Waals surface area contributed by atoms with Crippen LogP contribution in [0.2, 0.25) is 0 Å². The van der Waals surface area contributed by atoms with Crippen LogP contribution in [0.3, 0.4) is 0 Å². The quantitative estimate of drug-likeness (QED) is 0.356. The Morgan fingerprint density at radius 1 is 1.27 bits per heavy atom. The third-order valence-corrected chi connectivity index (χ3v) is 0.808. The van der Waals surface area contributed by atoms with E-state index >= 15 is 0 Å². The highest BCUT2D eigenvalue weighted by Crippen LogP contribution is 1.79. The predicted molar refractivity (Wildman–Crippen MR) is 38.5 cm³/mol. The number of methoxy groups -OCH3 is 1. The number of Topliss-reactive ketones (excluding diaryl/α,β-unsaturated/α-hetero) is 1. The van der Waals surface area contributed by atoms with Gasteiger partial charge in [-0.1, -0.05) is 0 Å². The first kappa shape index (κ1) is 12.7. The van der Waals surface area contributed by atoms with Crippen molar-refractivity contribution >= 4 is 11.8 Å². The molecule has 0 aliphatic rings. The number of carbonyl (C=O) groups excluding carboxylic acids is 2. The maximum absolute atomic E-state index is 10.4. The van der Waals surface area contributed by atoms with Crippen LogP contribution in [0.1, 0.15) is 6.92 Å². The van der Waals surface area contributed by atoms with Crippen LogP contribution in [0.4, 0.5) is 0 Å². The second kappa shape index (κ2) is 7.17. The smallest absolute Gasteiger partial charge is 0.374 e. The fourth-order valence-corrected chi connectivity index (χ4v) is 0.319. The molecule has 0 rings (SSSR count). The van der Waals surface area contributed by atoms with E-state index in [-0.39, 0.29) is 12.8 Å². The molecular weight excluding hydrogens is 150 g/mol. The van der Waals surface area contributed by atoms with Crippen LogP contribution < -0.4 is 6.15 Å². The molecule has 0 atom stereocenters. The fraction of sp³-hybridized carbons (Fsp3) is 0.667. The first-order valence-corrected chi connectivity index (χ1v) is 2.85. The standard InChI is InChI=1S/C6H10O4.H3N/c1-5(7)6(8)10-4-3-9-2;/h3-4H2,1-2H3;1H3. The molecule has 5 heteroatoms. The predicted octanol–water partition coefficient (Wildman–Crippen LogP) is -0.0730. The monoisotopic (exact) mass is 163 g/mol. The maximum Gasteiger partial charge on any atom is 0.374 e. The minimum Gasteiger partial charge on any atom is -0.458 e.